The summed E-state index contributed by atoms with van der Waals surface area (Å²) in [5.41, 5.74) is 15.7. The quantitative estimate of drug-likeness (QED) is 0.0991. The Hall–Kier alpha value is -6.83. The molecule has 0 heterocycles. The molecule has 55 heavy (non-hydrogen) atoms. The summed E-state index contributed by atoms with van der Waals surface area (Å²) in [7, 11) is 0. The first-order valence-electron chi connectivity index (χ1n) is 18.7. The van der Waals surface area contributed by atoms with Crippen molar-refractivity contribution in [3.63, 3.8) is 0 Å². The van der Waals surface area contributed by atoms with Crippen molar-refractivity contribution in [1.82, 2.24) is 0 Å². The maximum atomic E-state index is 5.31. The molecule has 266 valence electrons. The third-order valence-electron chi connectivity index (χ3n) is 10.2. The molecule has 7 aromatic rings. The number of hydrogen-bond acceptors (Lipinski definition) is 1. The van der Waals surface area contributed by atoms with Gasteiger partial charge in [0.25, 0.3) is 0 Å². The summed E-state index contributed by atoms with van der Waals surface area (Å²) < 4.78 is 0. The Morgan fingerprint density at radius 3 is 1.62 bits per heavy atom. The van der Waals surface area contributed by atoms with E-state index in [4.69, 9.17) is 4.99 Å². The minimum Gasteiger partial charge on any atom is -0.252 e. The van der Waals surface area contributed by atoms with E-state index in [0.717, 1.165) is 71.7 Å². The van der Waals surface area contributed by atoms with Gasteiger partial charge in [0.1, 0.15) is 0 Å². The van der Waals surface area contributed by atoms with E-state index in [1.165, 1.54) is 27.6 Å². The number of aryl methyl sites for hydroxylation is 2. The summed E-state index contributed by atoms with van der Waals surface area (Å²) >= 11 is 0. The highest BCUT2D eigenvalue weighted by Crippen LogP contribution is 2.35. The minimum atomic E-state index is 0.901. The van der Waals surface area contributed by atoms with Crippen LogP contribution in [-0.2, 0) is 0 Å². The highest BCUT2D eigenvalue weighted by molar-refractivity contribution is 6.02. The van der Waals surface area contributed by atoms with Crippen molar-refractivity contribution in [1.29, 1.82) is 0 Å². The van der Waals surface area contributed by atoms with Crippen LogP contribution >= 0.6 is 0 Å². The van der Waals surface area contributed by atoms with Crippen LogP contribution in [0.5, 0.6) is 0 Å². The van der Waals surface area contributed by atoms with E-state index in [2.05, 4.69) is 192 Å². The van der Waals surface area contributed by atoms with Gasteiger partial charge in [-0.05, 0) is 128 Å². The largest absolute Gasteiger partial charge is 0.252 e. The number of nitrogens with zero attached hydrogens (tertiary/aromatic N) is 1. The molecule has 7 rings (SSSR count). The fourth-order valence-corrected chi connectivity index (χ4v) is 7.04. The zero-order valence-corrected chi connectivity index (χ0v) is 31.9. The molecular weight excluding hydrogens is 663 g/mol. The molecule has 0 fully saturated rings. The first-order valence-corrected chi connectivity index (χ1v) is 18.7. The standard InChI is InChI=1S/C54H45N/c1-7-9-16-45-32-47(24-22-37(45)3)50-34-49(35-51(36-50)48-25-23-38(4)46(33-48)17-10-8-2)42-26-28-44(29-27-42)54(55-40(6)41-18-12-11-13-19-41)53-31-30-43-20-14-15-21-52(43)39(53)5/h7-36H,1-2,5H2,3-4,6H3/b16-9-,17-10-,54-53-,55-40?. The predicted octanol–water partition coefficient (Wildman–Crippen LogP) is 12.9. The number of fused-ring (bicyclic) bond motifs is 1. The summed E-state index contributed by atoms with van der Waals surface area (Å²) in [6, 6.07) is 52.2. The van der Waals surface area contributed by atoms with Crippen LogP contribution in [-0.4, -0.2) is 5.71 Å². The van der Waals surface area contributed by atoms with Crippen LogP contribution in [0.3, 0.4) is 0 Å². The zero-order chi connectivity index (χ0) is 38.3. The van der Waals surface area contributed by atoms with E-state index in [0.29, 0.717) is 0 Å². The summed E-state index contributed by atoms with van der Waals surface area (Å²) in [5.74, 6) is 0. The third-order valence-corrected chi connectivity index (χ3v) is 10.2. The molecular formula is C54H45N. The van der Waals surface area contributed by atoms with Gasteiger partial charge in [-0.15, -0.1) is 0 Å². The Balaban J connectivity index is 1.40. The lowest BCUT2D eigenvalue weighted by Crippen LogP contribution is -2.26. The topological polar surface area (TPSA) is 12.4 Å². The van der Waals surface area contributed by atoms with Crippen molar-refractivity contribution in [2.24, 2.45) is 4.99 Å². The van der Waals surface area contributed by atoms with Crippen LogP contribution in [0.15, 0.2) is 188 Å². The number of hydrogen-bond donors (Lipinski definition) is 0. The second kappa shape index (κ2) is 16.5. The van der Waals surface area contributed by atoms with E-state index < -0.39 is 0 Å². The maximum absolute atomic E-state index is 5.31. The highest BCUT2D eigenvalue weighted by Gasteiger charge is 2.12. The molecule has 0 aliphatic rings. The Bertz CT molecular complexity index is 2670. The van der Waals surface area contributed by atoms with Gasteiger partial charge in [0.2, 0.25) is 0 Å². The van der Waals surface area contributed by atoms with E-state index in [1.807, 2.05) is 30.4 Å². The first kappa shape index (κ1) is 36.5. The molecule has 0 radical (unpaired) electrons. The van der Waals surface area contributed by atoms with Crippen molar-refractivity contribution in [2.45, 2.75) is 20.8 Å². The summed E-state index contributed by atoms with van der Waals surface area (Å²) in [4.78, 5) is 5.31. The Kier molecular flexibility index (Phi) is 10.9. The van der Waals surface area contributed by atoms with Gasteiger partial charge in [-0.1, -0.05) is 171 Å². The molecule has 0 atom stereocenters. The van der Waals surface area contributed by atoms with Gasteiger partial charge < -0.3 is 0 Å². The number of allylic oxidation sites excluding steroid dienone is 4. The molecule has 0 aliphatic carbocycles. The monoisotopic (exact) mass is 707 g/mol. The number of rotatable bonds is 10. The molecule has 0 amide bonds. The molecule has 0 saturated heterocycles. The molecule has 0 bridgehead atoms. The van der Waals surface area contributed by atoms with Gasteiger partial charge in [0.15, 0.2) is 0 Å². The van der Waals surface area contributed by atoms with Crippen molar-refractivity contribution in [2.75, 3.05) is 0 Å². The van der Waals surface area contributed by atoms with Crippen LogP contribution < -0.4 is 10.4 Å². The Labute approximate surface area is 325 Å². The van der Waals surface area contributed by atoms with Crippen molar-refractivity contribution >= 4 is 40.9 Å². The van der Waals surface area contributed by atoms with Crippen LogP contribution in [0.1, 0.15) is 40.3 Å². The summed E-state index contributed by atoms with van der Waals surface area (Å²) in [5, 5.41) is 4.29. The maximum Gasteiger partial charge on any atom is 0.0783 e. The Morgan fingerprint density at radius 1 is 0.509 bits per heavy atom. The lowest BCUT2D eigenvalue weighted by molar-refractivity contribution is 1.41. The summed E-state index contributed by atoms with van der Waals surface area (Å²) in [6.07, 6.45) is 11.9. The molecule has 0 saturated carbocycles. The lowest BCUT2D eigenvalue weighted by Gasteiger charge is -2.14. The van der Waals surface area contributed by atoms with Crippen LogP contribution in [0, 0.1) is 13.8 Å². The molecule has 0 aliphatic heterocycles. The van der Waals surface area contributed by atoms with Gasteiger partial charge >= 0.3 is 0 Å². The van der Waals surface area contributed by atoms with E-state index in [9.17, 15) is 0 Å². The molecule has 0 aromatic heterocycles. The average Bonchev–Trinajstić information content (AvgIpc) is 3.23. The fourth-order valence-electron chi connectivity index (χ4n) is 7.04. The van der Waals surface area contributed by atoms with Crippen LogP contribution in [0.4, 0.5) is 0 Å². The SMILES string of the molecule is C=C/C=C\c1cc(-c2cc(-c3ccc(/C(N=C(C)c4ccccc4)=c4\ccc5ccccc5c4=C)cc3)cc(-c3ccc(C)c(/C=C\C=C)c3)c2)ccc1C. The van der Waals surface area contributed by atoms with E-state index in [-0.39, 0.29) is 0 Å². The van der Waals surface area contributed by atoms with Crippen molar-refractivity contribution < 1.29 is 0 Å². The van der Waals surface area contributed by atoms with Crippen molar-refractivity contribution in [3.8, 4) is 33.4 Å². The molecule has 1 heteroatoms. The lowest BCUT2D eigenvalue weighted by atomic mass is 9.90. The van der Waals surface area contributed by atoms with Crippen LogP contribution in [0.25, 0.3) is 68.6 Å². The van der Waals surface area contributed by atoms with E-state index >= 15 is 0 Å². The molecule has 7 aromatic carbocycles. The molecule has 0 N–H and O–H groups in total. The average molecular weight is 708 g/mol. The van der Waals surface area contributed by atoms with Gasteiger partial charge in [-0.3, -0.25) is 4.99 Å². The smallest absolute Gasteiger partial charge is 0.0783 e. The predicted molar refractivity (Wildman–Crippen MR) is 241 cm³/mol. The van der Waals surface area contributed by atoms with Gasteiger partial charge in [0.05, 0.1) is 5.70 Å². The van der Waals surface area contributed by atoms with Gasteiger partial charge in [0, 0.05) is 16.5 Å². The van der Waals surface area contributed by atoms with E-state index in [1.54, 1.807) is 0 Å². The Morgan fingerprint density at radius 2 is 1.04 bits per heavy atom. The second-order valence-electron chi connectivity index (χ2n) is 13.9. The van der Waals surface area contributed by atoms with Crippen LogP contribution in [0.2, 0.25) is 0 Å². The first-order chi connectivity index (χ1) is 26.8. The second-order valence-corrected chi connectivity index (χ2v) is 13.9. The highest BCUT2D eigenvalue weighted by atomic mass is 14.8. The van der Waals surface area contributed by atoms with Gasteiger partial charge in [-0.2, -0.15) is 0 Å². The number of benzene rings is 7. The molecule has 1 nitrogen and oxygen atoms in total. The zero-order valence-electron chi connectivity index (χ0n) is 31.9. The number of aliphatic imine (C=N–C) groups is 1. The summed E-state index contributed by atoms with van der Waals surface area (Å²) in [6.45, 7) is 18.7. The van der Waals surface area contributed by atoms with Gasteiger partial charge in [-0.25, -0.2) is 0 Å². The third kappa shape index (κ3) is 8.08. The normalized spacial score (nSPS) is 12.4. The molecule has 0 spiro atoms. The minimum absolute atomic E-state index is 0.901. The molecule has 0 unspecified atom stereocenters. The fraction of sp³-hybridized carbons (Fsp3) is 0.0556. The van der Waals surface area contributed by atoms with Crippen molar-refractivity contribution in [3.05, 3.63) is 227 Å².